The standard InChI is InChI=1S/C16H12BrNO3S/c17-11-4-3-10-8-14(21-16(20)13(10)9-11)15(19)18-6-5-12-2-1-7-22-12/h1-4,7-9H,5-6H2,(H,18,19). The van der Waals surface area contributed by atoms with Gasteiger partial charge in [0.2, 0.25) is 0 Å². The lowest BCUT2D eigenvalue weighted by Gasteiger charge is -2.04. The van der Waals surface area contributed by atoms with Crippen LogP contribution in [0, 0.1) is 0 Å². The van der Waals surface area contributed by atoms with Crippen LogP contribution in [0.1, 0.15) is 15.4 Å². The summed E-state index contributed by atoms with van der Waals surface area (Å²) in [5.41, 5.74) is -0.512. The molecule has 4 nitrogen and oxygen atoms in total. The van der Waals surface area contributed by atoms with Gasteiger partial charge in [0.25, 0.3) is 5.91 Å². The predicted molar refractivity (Wildman–Crippen MR) is 90.5 cm³/mol. The number of benzene rings is 1. The van der Waals surface area contributed by atoms with Crippen LogP contribution in [0.25, 0.3) is 10.8 Å². The van der Waals surface area contributed by atoms with Gasteiger partial charge in [-0.3, -0.25) is 4.79 Å². The molecule has 112 valence electrons. The molecule has 0 atom stereocenters. The van der Waals surface area contributed by atoms with E-state index in [4.69, 9.17) is 4.42 Å². The fourth-order valence-corrected chi connectivity index (χ4v) is 3.18. The highest BCUT2D eigenvalue weighted by Crippen LogP contribution is 2.18. The third-order valence-corrected chi connectivity index (χ3v) is 4.61. The minimum absolute atomic E-state index is 0.0333. The number of hydrogen-bond acceptors (Lipinski definition) is 4. The van der Waals surface area contributed by atoms with Gasteiger partial charge in [0.15, 0.2) is 5.76 Å². The first-order valence-corrected chi connectivity index (χ1v) is 8.35. The number of amides is 1. The van der Waals surface area contributed by atoms with Crippen LogP contribution in [0.2, 0.25) is 0 Å². The first kappa shape index (κ1) is 15.0. The van der Waals surface area contributed by atoms with Gasteiger partial charge in [-0.1, -0.05) is 28.1 Å². The van der Waals surface area contributed by atoms with Gasteiger partial charge in [0, 0.05) is 15.9 Å². The van der Waals surface area contributed by atoms with Gasteiger partial charge in [-0.05, 0) is 41.5 Å². The number of nitrogens with one attached hydrogen (secondary N) is 1. The van der Waals surface area contributed by atoms with Crippen molar-refractivity contribution in [2.24, 2.45) is 0 Å². The van der Waals surface area contributed by atoms with Gasteiger partial charge in [-0.15, -0.1) is 11.3 Å². The summed E-state index contributed by atoms with van der Waals surface area (Å²) in [7, 11) is 0. The zero-order valence-electron chi connectivity index (χ0n) is 11.5. The molecule has 0 bridgehead atoms. The Labute approximate surface area is 138 Å². The summed E-state index contributed by atoms with van der Waals surface area (Å²) < 4.78 is 5.90. The van der Waals surface area contributed by atoms with E-state index in [-0.39, 0.29) is 11.7 Å². The van der Waals surface area contributed by atoms with Crippen molar-refractivity contribution in [2.45, 2.75) is 6.42 Å². The second-order valence-electron chi connectivity index (χ2n) is 4.71. The van der Waals surface area contributed by atoms with Crippen LogP contribution < -0.4 is 10.9 Å². The number of thiophene rings is 1. The van der Waals surface area contributed by atoms with Crippen LogP contribution in [-0.4, -0.2) is 12.5 Å². The summed E-state index contributed by atoms with van der Waals surface area (Å²) >= 11 is 4.96. The number of carbonyl (C=O) groups excluding carboxylic acids is 1. The molecule has 0 fully saturated rings. The normalized spacial score (nSPS) is 10.8. The van der Waals surface area contributed by atoms with Gasteiger partial charge in [0.05, 0.1) is 5.39 Å². The Bertz CT molecular complexity index is 871. The zero-order chi connectivity index (χ0) is 15.5. The Kier molecular flexibility index (Phi) is 4.40. The second kappa shape index (κ2) is 6.46. The number of carbonyl (C=O) groups is 1. The molecule has 22 heavy (non-hydrogen) atoms. The van der Waals surface area contributed by atoms with Gasteiger partial charge in [-0.25, -0.2) is 4.79 Å². The lowest BCUT2D eigenvalue weighted by molar-refractivity contribution is 0.0922. The number of fused-ring (bicyclic) bond motifs is 1. The largest absolute Gasteiger partial charge is 0.417 e. The van der Waals surface area contributed by atoms with E-state index in [1.165, 1.54) is 4.88 Å². The highest BCUT2D eigenvalue weighted by Gasteiger charge is 2.12. The van der Waals surface area contributed by atoms with Crippen LogP contribution in [0.5, 0.6) is 0 Å². The zero-order valence-corrected chi connectivity index (χ0v) is 13.9. The fourth-order valence-electron chi connectivity index (χ4n) is 2.11. The Hall–Kier alpha value is -1.92. The summed E-state index contributed by atoms with van der Waals surface area (Å²) in [6, 6.07) is 10.9. The molecule has 0 aliphatic carbocycles. The average molecular weight is 378 g/mol. The van der Waals surface area contributed by atoms with Crippen molar-refractivity contribution < 1.29 is 9.21 Å². The van der Waals surface area contributed by atoms with E-state index in [2.05, 4.69) is 21.2 Å². The number of halogens is 1. The smallest absolute Gasteiger partial charge is 0.344 e. The molecule has 2 heterocycles. The molecule has 0 saturated heterocycles. The van der Waals surface area contributed by atoms with Crippen LogP contribution in [0.4, 0.5) is 0 Å². The van der Waals surface area contributed by atoms with Crippen molar-refractivity contribution in [3.8, 4) is 0 Å². The number of hydrogen-bond donors (Lipinski definition) is 1. The van der Waals surface area contributed by atoms with Gasteiger partial charge < -0.3 is 9.73 Å². The first-order chi connectivity index (χ1) is 10.6. The van der Waals surface area contributed by atoms with Crippen LogP contribution in [0.3, 0.4) is 0 Å². The molecule has 0 saturated carbocycles. The Morgan fingerprint density at radius 2 is 2.14 bits per heavy atom. The molecule has 0 radical (unpaired) electrons. The third-order valence-electron chi connectivity index (χ3n) is 3.19. The Morgan fingerprint density at radius 3 is 2.91 bits per heavy atom. The maximum Gasteiger partial charge on any atom is 0.344 e. The minimum atomic E-state index is -0.512. The second-order valence-corrected chi connectivity index (χ2v) is 6.66. The van der Waals surface area contributed by atoms with Crippen LogP contribution in [-0.2, 0) is 6.42 Å². The summed E-state index contributed by atoms with van der Waals surface area (Å²) in [6.07, 6.45) is 0.758. The fraction of sp³-hybridized carbons (Fsp3) is 0.125. The lowest BCUT2D eigenvalue weighted by atomic mass is 10.1. The average Bonchev–Trinajstić information content (AvgIpc) is 3.01. The van der Waals surface area contributed by atoms with E-state index >= 15 is 0 Å². The first-order valence-electron chi connectivity index (χ1n) is 6.67. The van der Waals surface area contributed by atoms with Crippen molar-refractivity contribution in [1.82, 2.24) is 5.32 Å². The van der Waals surface area contributed by atoms with E-state index in [0.29, 0.717) is 17.3 Å². The molecule has 3 rings (SSSR count). The molecule has 0 unspecified atom stereocenters. The summed E-state index contributed by atoms with van der Waals surface area (Å²) in [5.74, 6) is -0.343. The predicted octanol–water partition coefficient (Wildman–Crippen LogP) is 3.59. The van der Waals surface area contributed by atoms with E-state index in [1.54, 1.807) is 29.5 Å². The van der Waals surface area contributed by atoms with Crippen molar-refractivity contribution in [1.29, 1.82) is 0 Å². The molecule has 2 aromatic heterocycles. The minimum Gasteiger partial charge on any atom is -0.417 e. The molecule has 0 aliphatic rings. The van der Waals surface area contributed by atoms with Gasteiger partial charge >= 0.3 is 5.63 Å². The molecular formula is C16H12BrNO3S. The quantitative estimate of drug-likeness (QED) is 0.755. The van der Waals surface area contributed by atoms with E-state index in [1.807, 2.05) is 23.6 Å². The van der Waals surface area contributed by atoms with Crippen molar-refractivity contribution >= 4 is 43.9 Å². The molecule has 0 aliphatic heterocycles. The monoisotopic (exact) mass is 377 g/mol. The van der Waals surface area contributed by atoms with Crippen LogP contribution in [0.15, 0.2) is 55.5 Å². The molecular weight excluding hydrogens is 366 g/mol. The summed E-state index contributed by atoms with van der Waals surface area (Å²) in [6.45, 7) is 0.501. The highest BCUT2D eigenvalue weighted by atomic mass is 79.9. The maximum absolute atomic E-state index is 12.1. The highest BCUT2D eigenvalue weighted by molar-refractivity contribution is 9.10. The van der Waals surface area contributed by atoms with Crippen molar-refractivity contribution in [2.75, 3.05) is 6.54 Å². The van der Waals surface area contributed by atoms with E-state index in [9.17, 15) is 9.59 Å². The molecule has 3 aromatic rings. The summed E-state index contributed by atoms with van der Waals surface area (Å²) in [5, 5.41) is 5.90. The topological polar surface area (TPSA) is 59.3 Å². The Morgan fingerprint density at radius 1 is 1.27 bits per heavy atom. The molecule has 0 spiro atoms. The van der Waals surface area contributed by atoms with Gasteiger partial charge in [-0.2, -0.15) is 0 Å². The molecule has 6 heteroatoms. The van der Waals surface area contributed by atoms with E-state index < -0.39 is 5.63 Å². The lowest BCUT2D eigenvalue weighted by Crippen LogP contribution is -2.26. The van der Waals surface area contributed by atoms with Crippen LogP contribution >= 0.6 is 27.3 Å². The number of rotatable bonds is 4. The summed E-state index contributed by atoms with van der Waals surface area (Å²) in [4.78, 5) is 25.2. The maximum atomic E-state index is 12.1. The van der Waals surface area contributed by atoms with E-state index in [0.717, 1.165) is 10.9 Å². The Balaban J connectivity index is 1.76. The molecule has 1 N–H and O–H groups in total. The third kappa shape index (κ3) is 3.28. The SMILES string of the molecule is O=C(NCCc1cccs1)c1cc2ccc(Br)cc2c(=O)o1. The van der Waals surface area contributed by atoms with Gasteiger partial charge in [0.1, 0.15) is 0 Å². The molecule has 1 aromatic carbocycles. The van der Waals surface area contributed by atoms with Crippen molar-refractivity contribution in [3.63, 3.8) is 0 Å². The van der Waals surface area contributed by atoms with Crippen molar-refractivity contribution in [3.05, 3.63) is 67.3 Å². The molecule has 1 amide bonds.